The summed E-state index contributed by atoms with van der Waals surface area (Å²) in [5.41, 5.74) is 2.31. The van der Waals surface area contributed by atoms with Gasteiger partial charge in [-0.2, -0.15) is 4.98 Å². The van der Waals surface area contributed by atoms with Gasteiger partial charge in [0.15, 0.2) is 0 Å². The van der Waals surface area contributed by atoms with Crippen molar-refractivity contribution in [2.75, 3.05) is 0 Å². The standard InChI is InChI=1S/C11H9N3O2/c15-5-8-6-16-11(13-8)14-7-12-9-3-1-2-4-10(9)14/h1-4,6-7,15H,5H2. The highest BCUT2D eigenvalue weighted by Gasteiger charge is 2.08. The second-order valence-corrected chi connectivity index (χ2v) is 3.38. The van der Waals surface area contributed by atoms with E-state index in [1.54, 1.807) is 10.9 Å². The first-order valence-corrected chi connectivity index (χ1v) is 4.86. The minimum absolute atomic E-state index is 0.129. The zero-order valence-electron chi connectivity index (χ0n) is 8.37. The molecule has 0 atom stereocenters. The molecule has 0 bridgehead atoms. The lowest BCUT2D eigenvalue weighted by Crippen LogP contribution is -1.92. The summed E-state index contributed by atoms with van der Waals surface area (Å²) in [6, 6.07) is 8.12. The molecule has 5 nitrogen and oxygen atoms in total. The van der Waals surface area contributed by atoms with Crippen LogP contribution >= 0.6 is 0 Å². The number of fused-ring (bicyclic) bond motifs is 1. The maximum Gasteiger partial charge on any atom is 0.307 e. The number of rotatable bonds is 2. The lowest BCUT2D eigenvalue weighted by Gasteiger charge is -1.96. The minimum atomic E-state index is -0.129. The number of aliphatic hydroxyl groups excluding tert-OH is 1. The Hall–Kier alpha value is -2.14. The van der Waals surface area contributed by atoms with Crippen molar-refractivity contribution in [3.8, 4) is 6.01 Å². The first-order valence-electron chi connectivity index (χ1n) is 4.86. The number of para-hydroxylation sites is 2. The molecule has 0 unspecified atom stereocenters. The fourth-order valence-corrected chi connectivity index (χ4v) is 1.59. The maximum atomic E-state index is 8.91. The van der Waals surface area contributed by atoms with Gasteiger partial charge in [-0.3, -0.25) is 4.57 Å². The molecule has 5 heteroatoms. The third-order valence-electron chi connectivity index (χ3n) is 2.36. The van der Waals surface area contributed by atoms with E-state index in [2.05, 4.69) is 9.97 Å². The van der Waals surface area contributed by atoms with Crippen LogP contribution in [0.3, 0.4) is 0 Å². The Morgan fingerprint density at radius 2 is 2.19 bits per heavy atom. The van der Waals surface area contributed by atoms with E-state index in [0.717, 1.165) is 11.0 Å². The number of nitrogens with zero attached hydrogens (tertiary/aromatic N) is 3. The highest BCUT2D eigenvalue weighted by molar-refractivity contribution is 5.76. The van der Waals surface area contributed by atoms with E-state index in [1.807, 2.05) is 24.3 Å². The molecule has 0 radical (unpaired) electrons. The van der Waals surface area contributed by atoms with Gasteiger partial charge in [-0.15, -0.1) is 0 Å². The largest absolute Gasteiger partial charge is 0.431 e. The number of benzene rings is 1. The Labute approximate surface area is 91.0 Å². The second kappa shape index (κ2) is 3.46. The lowest BCUT2D eigenvalue weighted by molar-refractivity contribution is 0.276. The smallest absolute Gasteiger partial charge is 0.307 e. The predicted octanol–water partition coefficient (Wildman–Crippen LogP) is 1.51. The molecule has 0 amide bonds. The number of oxazole rings is 1. The van der Waals surface area contributed by atoms with Crippen LogP contribution in [0, 0.1) is 0 Å². The van der Waals surface area contributed by atoms with Gasteiger partial charge in [0, 0.05) is 0 Å². The van der Waals surface area contributed by atoms with Crippen LogP contribution in [0.4, 0.5) is 0 Å². The Kier molecular flexibility index (Phi) is 1.97. The topological polar surface area (TPSA) is 64.1 Å². The van der Waals surface area contributed by atoms with Crippen molar-refractivity contribution < 1.29 is 9.52 Å². The average Bonchev–Trinajstić information content (AvgIpc) is 2.94. The fourth-order valence-electron chi connectivity index (χ4n) is 1.59. The SMILES string of the molecule is OCc1coc(-n2cnc3ccccc32)n1. The van der Waals surface area contributed by atoms with E-state index >= 15 is 0 Å². The summed E-state index contributed by atoms with van der Waals surface area (Å²) >= 11 is 0. The van der Waals surface area contributed by atoms with Crippen LogP contribution < -0.4 is 0 Å². The molecular weight excluding hydrogens is 206 g/mol. The van der Waals surface area contributed by atoms with Gasteiger partial charge in [0.25, 0.3) is 0 Å². The van der Waals surface area contributed by atoms with E-state index in [-0.39, 0.29) is 6.61 Å². The van der Waals surface area contributed by atoms with Crippen LogP contribution in [-0.2, 0) is 6.61 Å². The molecule has 2 aromatic heterocycles. The van der Waals surface area contributed by atoms with Crippen molar-refractivity contribution in [3.63, 3.8) is 0 Å². The zero-order valence-corrected chi connectivity index (χ0v) is 8.37. The number of imidazole rings is 1. The molecule has 0 saturated heterocycles. The zero-order chi connectivity index (χ0) is 11.0. The number of hydrogen-bond acceptors (Lipinski definition) is 4. The third kappa shape index (κ3) is 1.30. The Bertz CT molecular complexity index is 627. The third-order valence-corrected chi connectivity index (χ3v) is 2.36. The average molecular weight is 215 g/mol. The summed E-state index contributed by atoms with van der Waals surface area (Å²) in [5.74, 6) is 0. The van der Waals surface area contributed by atoms with Gasteiger partial charge in [-0.25, -0.2) is 4.98 Å². The normalized spacial score (nSPS) is 11.1. The highest BCUT2D eigenvalue weighted by Crippen LogP contribution is 2.17. The van der Waals surface area contributed by atoms with Crippen LogP contribution in [0.2, 0.25) is 0 Å². The minimum Gasteiger partial charge on any atom is -0.431 e. The van der Waals surface area contributed by atoms with E-state index < -0.39 is 0 Å². The van der Waals surface area contributed by atoms with E-state index in [0.29, 0.717) is 11.7 Å². The molecule has 2 heterocycles. The van der Waals surface area contributed by atoms with Crippen molar-refractivity contribution in [3.05, 3.63) is 42.5 Å². The Morgan fingerprint density at radius 3 is 3.00 bits per heavy atom. The molecule has 1 aromatic carbocycles. The molecule has 0 aliphatic heterocycles. The van der Waals surface area contributed by atoms with E-state index in [9.17, 15) is 0 Å². The molecule has 1 N–H and O–H groups in total. The monoisotopic (exact) mass is 215 g/mol. The molecule has 3 rings (SSSR count). The molecule has 0 spiro atoms. The van der Waals surface area contributed by atoms with Gasteiger partial charge in [0.1, 0.15) is 18.3 Å². The summed E-state index contributed by atoms with van der Waals surface area (Å²) in [6.07, 6.45) is 3.09. The molecule has 3 aromatic rings. The van der Waals surface area contributed by atoms with Gasteiger partial charge >= 0.3 is 6.01 Å². The van der Waals surface area contributed by atoms with Crippen LogP contribution in [-0.4, -0.2) is 19.6 Å². The van der Waals surface area contributed by atoms with Gasteiger partial charge in [-0.05, 0) is 12.1 Å². The molecule has 0 aliphatic rings. The number of hydrogen-bond donors (Lipinski definition) is 1. The molecule has 0 aliphatic carbocycles. The highest BCUT2D eigenvalue weighted by atomic mass is 16.4. The van der Waals surface area contributed by atoms with Gasteiger partial charge in [-0.1, -0.05) is 12.1 Å². The van der Waals surface area contributed by atoms with Crippen molar-refractivity contribution in [1.82, 2.24) is 14.5 Å². The van der Waals surface area contributed by atoms with Gasteiger partial charge in [0.2, 0.25) is 0 Å². The van der Waals surface area contributed by atoms with Crippen molar-refractivity contribution in [2.24, 2.45) is 0 Å². The summed E-state index contributed by atoms with van der Waals surface area (Å²) in [4.78, 5) is 8.36. The quantitative estimate of drug-likeness (QED) is 0.703. The number of aliphatic hydroxyl groups is 1. The molecule has 0 fully saturated rings. The molecule has 0 saturated carbocycles. The first kappa shape index (κ1) is 9.11. The Morgan fingerprint density at radius 1 is 1.31 bits per heavy atom. The van der Waals surface area contributed by atoms with Crippen molar-refractivity contribution >= 4 is 11.0 Å². The summed E-state index contributed by atoms with van der Waals surface area (Å²) in [6.45, 7) is -0.129. The van der Waals surface area contributed by atoms with Crippen molar-refractivity contribution in [1.29, 1.82) is 0 Å². The summed E-state index contributed by atoms with van der Waals surface area (Å²) in [5, 5.41) is 8.91. The second-order valence-electron chi connectivity index (χ2n) is 3.38. The fraction of sp³-hybridized carbons (Fsp3) is 0.0909. The van der Waals surface area contributed by atoms with Crippen LogP contribution in [0.1, 0.15) is 5.69 Å². The van der Waals surface area contributed by atoms with E-state index in [4.69, 9.17) is 9.52 Å². The molecule has 16 heavy (non-hydrogen) atoms. The Balaban J connectivity index is 2.18. The van der Waals surface area contributed by atoms with Crippen LogP contribution in [0.25, 0.3) is 17.0 Å². The predicted molar refractivity (Wildman–Crippen MR) is 57.1 cm³/mol. The summed E-state index contributed by atoms with van der Waals surface area (Å²) in [7, 11) is 0. The van der Waals surface area contributed by atoms with Crippen LogP contribution in [0.5, 0.6) is 0 Å². The van der Waals surface area contributed by atoms with Gasteiger partial charge < -0.3 is 9.52 Å². The van der Waals surface area contributed by atoms with Crippen molar-refractivity contribution in [2.45, 2.75) is 6.61 Å². The molecular formula is C11H9N3O2. The lowest BCUT2D eigenvalue weighted by atomic mass is 10.3. The van der Waals surface area contributed by atoms with Gasteiger partial charge in [0.05, 0.1) is 17.6 Å². The van der Waals surface area contributed by atoms with Crippen LogP contribution in [0.15, 0.2) is 41.3 Å². The number of aromatic nitrogens is 3. The maximum absolute atomic E-state index is 8.91. The van der Waals surface area contributed by atoms with E-state index in [1.165, 1.54) is 6.26 Å². The first-order chi connectivity index (χ1) is 7.88. The summed E-state index contributed by atoms with van der Waals surface area (Å²) < 4.78 is 7.00. The molecule has 80 valence electrons.